The lowest BCUT2D eigenvalue weighted by molar-refractivity contribution is -0.140. The fourth-order valence-corrected chi connectivity index (χ4v) is 4.80. The van der Waals surface area contributed by atoms with Crippen molar-refractivity contribution in [2.75, 3.05) is 31.3 Å². The summed E-state index contributed by atoms with van der Waals surface area (Å²) in [5, 5.41) is 2.96. The van der Waals surface area contributed by atoms with Crippen molar-refractivity contribution in [3.8, 4) is 11.5 Å². The van der Waals surface area contributed by atoms with Crippen molar-refractivity contribution in [3.63, 3.8) is 0 Å². The Hall–Kier alpha value is -3.27. The molecule has 37 heavy (non-hydrogen) atoms. The largest absolute Gasteiger partial charge is 0.493 e. The number of sulfonamides is 1. The molecule has 0 bridgehead atoms. The number of nitrogens with zero attached hydrogens (tertiary/aromatic N) is 2. The molecule has 2 aromatic rings. The molecule has 0 radical (unpaired) electrons. The SMILES string of the molecule is CC[C@H](C(=O)N[C@@H](C)CC)N(Cc1cccc(C)c1)C(=O)CN(c1ccc(OC)c(OC)c1)S(C)(=O)=O. The summed E-state index contributed by atoms with van der Waals surface area (Å²) < 4.78 is 37.2. The van der Waals surface area contributed by atoms with Crippen LogP contribution in [0.15, 0.2) is 42.5 Å². The summed E-state index contributed by atoms with van der Waals surface area (Å²) >= 11 is 0. The molecule has 2 amide bonds. The van der Waals surface area contributed by atoms with Gasteiger partial charge in [0.2, 0.25) is 21.8 Å². The molecule has 2 atom stereocenters. The van der Waals surface area contributed by atoms with E-state index in [0.717, 1.165) is 28.1 Å². The number of hydrogen-bond donors (Lipinski definition) is 1. The van der Waals surface area contributed by atoms with Gasteiger partial charge in [-0.05, 0) is 44.4 Å². The van der Waals surface area contributed by atoms with E-state index in [1.807, 2.05) is 52.0 Å². The van der Waals surface area contributed by atoms with Crippen LogP contribution >= 0.6 is 0 Å². The highest BCUT2D eigenvalue weighted by atomic mass is 32.2. The van der Waals surface area contributed by atoms with E-state index in [-0.39, 0.29) is 24.2 Å². The third-order valence-electron chi connectivity index (χ3n) is 6.16. The summed E-state index contributed by atoms with van der Waals surface area (Å²) in [5.74, 6) is -0.000289. The Labute approximate surface area is 220 Å². The molecule has 0 saturated carbocycles. The molecule has 0 saturated heterocycles. The van der Waals surface area contributed by atoms with Crippen molar-refractivity contribution in [2.45, 2.75) is 59.2 Å². The van der Waals surface area contributed by atoms with E-state index in [1.54, 1.807) is 12.1 Å². The molecule has 204 valence electrons. The van der Waals surface area contributed by atoms with Gasteiger partial charge in [-0.25, -0.2) is 8.42 Å². The molecule has 10 heteroatoms. The Balaban J connectivity index is 2.49. The Bertz CT molecular complexity index is 1180. The van der Waals surface area contributed by atoms with Gasteiger partial charge in [-0.15, -0.1) is 0 Å². The van der Waals surface area contributed by atoms with Crippen LogP contribution in [-0.4, -0.2) is 64.2 Å². The zero-order valence-corrected chi connectivity index (χ0v) is 23.6. The minimum absolute atomic E-state index is 0.0586. The lowest BCUT2D eigenvalue weighted by Gasteiger charge is -2.33. The average Bonchev–Trinajstić information content (AvgIpc) is 2.85. The molecule has 0 aliphatic heterocycles. The van der Waals surface area contributed by atoms with Crippen LogP contribution in [0.25, 0.3) is 0 Å². The highest BCUT2D eigenvalue weighted by Gasteiger charge is 2.32. The van der Waals surface area contributed by atoms with Gasteiger partial charge in [-0.1, -0.05) is 43.7 Å². The molecule has 0 aliphatic carbocycles. The first-order valence-electron chi connectivity index (χ1n) is 12.3. The number of rotatable bonds is 13. The van der Waals surface area contributed by atoms with Gasteiger partial charge < -0.3 is 19.7 Å². The number of aryl methyl sites for hydroxylation is 1. The summed E-state index contributed by atoms with van der Waals surface area (Å²) in [7, 11) is -0.930. The number of anilines is 1. The molecule has 0 unspecified atom stereocenters. The average molecular weight is 534 g/mol. The standard InChI is InChI=1S/C27H39N3O6S/c1-8-20(4)28-27(32)23(9-2)29(17-21-12-10-11-19(3)15-21)26(31)18-30(37(7,33)34)22-13-14-24(35-5)25(16-22)36-6/h10-16,20,23H,8-9,17-18H2,1-7H3,(H,28,32)/t20-,23+/m0/s1. The van der Waals surface area contributed by atoms with Gasteiger partial charge in [0.1, 0.15) is 12.6 Å². The molecule has 0 heterocycles. The van der Waals surface area contributed by atoms with Crippen LogP contribution in [0.1, 0.15) is 44.7 Å². The first-order valence-corrected chi connectivity index (χ1v) is 14.1. The van der Waals surface area contributed by atoms with E-state index in [0.29, 0.717) is 17.9 Å². The number of methoxy groups -OCH3 is 2. The summed E-state index contributed by atoms with van der Waals surface area (Å²) in [6, 6.07) is 11.5. The van der Waals surface area contributed by atoms with E-state index < -0.39 is 28.5 Å². The molecule has 0 aromatic heterocycles. The normalized spacial score (nSPS) is 12.8. The fraction of sp³-hybridized carbons (Fsp3) is 0.481. The second-order valence-corrected chi connectivity index (χ2v) is 11.0. The fourth-order valence-electron chi connectivity index (χ4n) is 3.96. The van der Waals surface area contributed by atoms with Crippen LogP contribution < -0.4 is 19.1 Å². The third kappa shape index (κ3) is 8.11. The molecule has 1 N–H and O–H groups in total. The van der Waals surface area contributed by atoms with Crippen molar-refractivity contribution in [1.82, 2.24) is 10.2 Å². The first-order chi connectivity index (χ1) is 17.4. The van der Waals surface area contributed by atoms with Gasteiger partial charge >= 0.3 is 0 Å². The van der Waals surface area contributed by atoms with Crippen LogP contribution in [0.4, 0.5) is 5.69 Å². The highest BCUT2D eigenvalue weighted by Crippen LogP contribution is 2.32. The molecule has 0 spiro atoms. The van der Waals surface area contributed by atoms with Crippen molar-refractivity contribution in [3.05, 3.63) is 53.6 Å². The van der Waals surface area contributed by atoms with Crippen LogP contribution in [-0.2, 0) is 26.2 Å². The lowest BCUT2D eigenvalue weighted by Crippen LogP contribution is -2.53. The third-order valence-corrected chi connectivity index (χ3v) is 7.30. The number of benzene rings is 2. The lowest BCUT2D eigenvalue weighted by atomic mass is 10.1. The van der Waals surface area contributed by atoms with Gasteiger partial charge in [0.25, 0.3) is 0 Å². The number of nitrogens with one attached hydrogen (secondary N) is 1. The Morgan fingerprint density at radius 1 is 1.00 bits per heavy atom. The van der Waals surface area contributed by atoms with Gasteiger partial charge in [0.15, 0.2) is 11.5 Å². The quantitative estimate of drug-likeness (QED) is 0.423. The smallest absolute Gasteiger partial charge is 0.244 e. The Morgan fingerprint density at radius 2 is 1.68 bits per heavy atom. The predicted molar refractivity (Wildman–Crippen MR) is 145 cm³/mol. The topological polar surface area (TPSA) is 105 Å². The molecule has 2 rings (SSSR count). The molecule has 0 fully saturated rings. The maximum absolute atomic E-state index is 13.8. The van der Waals surface area contributed by atoms with Gasteiger partial charge in [-0.3, -0.25) is 13.9 Å². The van der Waals surface area contributed by atoms with Crippen LogP contribution in [0.3, 0.4) is 0 Å². The number of carbonyl (C=O) groups excluding carboxylic acids is 2. The number of carbonyl (C=O) groups is 2. The van der Waals surface area contributed by atoms with Crippen LogP contribution in [0.2, 0.25) is 0 Å². The minimum Gasteiger partial charge on any atom is -0.493 e. The van der Waals surface area contributed by atoms with Gasteiger partial charge in [0.05, 0.1) is 26.2 Å². The maximum atomic E-state index is 13.8. The molecule has 0 aliphatic rings. The monoisotopic (exact) mass is 533 g/mol. The van der Waals surface area contributed by atoms with Crippen molar-refractivity contribution in [1.29, 1.82) is 0 Å². The second kappa shape index (κ2) is 13.3. The molecular weight excluding hydrogens is 494 g/mol. The van der Waals surface area contributed by atoms with Crippen LogP contribution in [0.5, 0.6) is 11.5 Å². The van der Waals surface area contributed by atoms with Gasteiger partial charge in [0, 0.05) is 18.7 Å². The number of ether oxygens (including phenoxy) is 2. The number of amides is 2. The Kier molecular flexibility index (Phi) is 10.8. The zero-order valence-electron chi connectivity index (χ0n) is 22.8. The van der Waals surface area contributed by atoms with E-state index in [9.17, 15) is 18.0 Å². The van der Waals surface area contributed by atoms with E-state index in [2.05, 4.69) is 5.32 Å². The first kappa shape index (κ1) is 30.0. The highest BCUT2D eigenvalue weighted by molar-refractivity contribution is 7.92. The summed E-state index contributed by atoms with van der Waals surface area (Å²) in [6.45, 7) is 7.34. The minimum atomic E-state index is -3.86. The van der Waals surface area contributed by atoms with E-state index in [4.69, 9.17) is 9.47 Å². The summed E-state index contributed by atoms with van der Waals surface area (Å²) in [6.07, 6.45) is 2.15. The summed E-state index contributed by atoms with van der Waals surface area (Å²) in [4.78, 5) is 28.4. The van der Waals surface area contributed by atoms with Crippen molar-refractivity contribution in [2.24, 2.45) is 0 Å². The zero-order chi connectivity index (χ0) is 27.8. The maximum Gasteiger partial charge on any atom is 0.244 e. The molecule has 2 aromatic carbocycles. The summed E-state index contributed by atoms with van der Waals surface area (Å²) in [5.41, 5.74) is 2.12. The van der Waals surface area contributed by atoms with Crippen molar-refractivity contribution < 1.29 is 27.5 Å². The van der Waals surface area contributed by atoms with Gasteiger partial charge in [-0.2, -0.15) is 0 Å². The Morgan fingerprint density at radius 3 is 2.22 bits per heavy atom. The predicted octanol–water partition coefficient (Wildman–Crippen LogP) is 3.50. The number of hydrogen-bond acceptors (Lipinski definition) is 6. The van der Waals surface area contributed by atoms with Crippen molar-refractivity contribution >= 4 is 27.5 Å². The van der Waals surface area contributed by atoms with E-state index >= 15 is 0 Å². The van der Waals surface area contributed by atoms with Crippen LogP contribution in [0, 0.1) is 6.92 Å². The molecule has 9 nitrogen and oxygen atoms in total. The second-order valence-electron chi connectivity index (χ2n) is 9.06. The molecular formula is C27H39N3O6S. The van der Waals surface area contributed by atoms with E-state index in [1.165, 1.54) is 25.2 Å².